The number of anilines is 1. The summed E-state index contributed by atoms with van der Waals surface area (Å²) < 4.78 is 0. The van der Waals surface area contributed by atoms with Gasteiger partial charge in [0, 0.05) is 37.9 Å². The molecule has 0 saturated carbocycles. The van der Waals surface area contributed by atoms with E-state index in [2.05, 4.69) is 56.8 Å². The van der Waals surface area contributed by atoms with Gasteiger partial charge < -0.3 is 15.5 Å². The van der Waals surface area contributed by atoms with Crippen molar-refractivity contribution in [3.63, 3.8) is 0 Å². The zero-order valence-electron chi connectivity index (χ0n) is 19.1. The number of benzene rings is 2. The SMILES string of the molecule is CC(C)NC(=O)CN1CCN2c3ccccc3CC(C(=O)NCCc3ccccc3)C2C1. The molecule has 0 aliphatic carbocycles. The smallest absolute Gasteiger partial charge is 0.234 e. The molecule has 6 nitrogen and oxygen atoms in total. The van der Waals surface area contributed by atoms with Crippen molar-refractivity contribution in [2.75, 3.05) is 37.6 Å². The first kappa shape index (κ1) is 22.3. The van der Waals surface area contributed by atoms with E-state index in [0.717, 1.165) is 32.5 Å². The number of fused-ring (bicyclic) bond motifs is 3. The lowest BCUT2D eigenvalue weighted by atomic mass is 9.83. The van der Waals surface area contributed by atoms with E-state index in [4.69, 9.17) is 0 Å². The van der Waals surface area contributed by atoms with Gasteiger partial charge in [0.15, 0.2) is 0 Å². The quantitative estimate of drug-likeness (QED) is 0.702. The van der Waals surface area contributed by atoms with Gasteiger partial charge >= 0.3 is 0 Å². The summed E-state index contributed by atoms with van der Waals surface area (Å²) in [5, 5.41) is 6.16. The molecule has 2 N–H and O–H groups in total. The number of para-hydroxylation sites is 1. The van der Waals surface area contributed by atoms with Gasteiger partial charge in [0.05, 0.1) is 18.5 Å². The molecule has 2 heterocycles. The first-order valence-corrected chi connectivity index (χ1v) is 11.7. The molecule has 1 fully saturated rings. The molecule has 2 aromatic rings. The topological polar surface area (TPSA) is 64.7 Å². The molecule has 0 bridgehead atoms. The summed E-state index contributed by atoms with van der Waals surface area (Å²) in [7, 11) is 0. The second kappa shape index (κ2) is 10.2. The summed E-state index contributed by atoms with van der Waals surface area (Å²) in [6, 6.07) is 18.9. The van der Waals surface area contributed by atoms with Crippen LogP contribution in [0, 0.1) is 5.92 Å². The predicted octanol–water partition coefficient (Wildman–Crippen LogP) is 2.23. The number of hydrogen-bond acceptors (Lipinski definition) is 4. The molecule has 0 spiro atoms. The lowest BCUT2D eigenvalue weighted by Crippen LogP contribution is -2.62. The summed E-state index contributed by atoms with van der Waals surface area (Å²) in [6.45, 7) is 7.33. The van der Waals surface area contributed by atoms with Gasteiger partial charge in [-0.15, -0.1) is 0 Å². The monoisotopic (exact) mass is 434 g/mol. The van der Waals surface area contributed by atoms with Gasteiger partial charge in [-0.2, -0.15) is 0 Å². The number of carbonyl (C=O) groups excluding carboxylic acids is 2. The van der Waals surface area contributed by atoms with E-state index in [1.54, 1.807) is 0 Å². The Hall–Kier alpha value is -2.86. The highest BCUT2D eigenvalue weighted by Crippen LogP contribution is 2.35. The normalized spacial score (nSPS) is 20.4. The van der Waals surface area contributed by atoms with E-state index in [-0.39, 0.29) is 29.8 Å². The van der Waals surface area contributed by atoms with Crippen LogP contribution in [0.15, 0.2) is 54.6 Å². The van der Waals surface area contributed by atoms with E-state index in [1.165, 1.54) is 16.8 Å². The molecule has 1 saturated heterocycles. The number of nitrogens with one attached hydrogen (secondary N) is 2. The third-order valence-electron chi connectivity index (χ3n) is 6.42. The van der Waals surface area contributed by atoms with Crippen LogP contribution in [0.25, 0.3) is 0 Å². The first-order chi connectivity index (χ1) is 15.5. The summed E-state index contributed by atoms with van der Waals surface area (Å²) in [5.41, 5.74) is 3.69. The van der Waals surface area contributed by atoms with Crippen molar-refractivity contribution in [2.24, 2.45) is 5.92 Å². The molecule has 2 unspecified atom stereocenters. The van der Waals surface area contributed by atoms with Crippen LogP contribution in [0.4, 0.5) is 5.69 Å². The molecule has 4 rings (SSSR count). The molecule has 6 heteroatoms. The van der Waals surface area contributed by atoms with Crippen molar-refractivity contribution >= 4 is 17.5 Å². The molecule has 2 atom stereocenters. The fourth-order valence-corrected chi connectivity index (χ4v) is 4.94. The molecule has 2 aromatic carbocycles. The molecule has 2 aliphatic rings. The zero-order chi connectivity index (χ0) is 22.5. The summed E-state index contributed by atoms with van der Waals surface area (Å²) in [4.78, 5) is 30.2. The number of amides is 2. The van der Waals surface area contributed by atoms with Crippen molar-refractivity contribution < 1.29 is 9.59 Å². The number of nitrogens with zero attached hydrogens (tertiary/aromatic N) is 2. The van der Waals surface area contributed by atoms with Crippen LogP contribution in [-0.4, -0.2) is 61.5 Å². The molecule has 2 amide bonds. The first-order valence-electron chi connectivity index (χ1n) is 11.7. The largest absolute Gasteiger partial charge is 0.365 e. The number of piperazine rings is 1. The van der Waals surface area contributed by atoms with Crippen LogP contribution < -0.4 is 15.5 Å². The third kappa shape index (κ3) is 5.30. The van der Waals surface area contributed by atoms with Crippen LogP contribution in [0.1, 0.15) is 25.0 Å². The number of carbonyl (C=O) groups is 2. The molecular weight excluding hydrogens is 400 g/mol. The van der Waals surface area contributed by atoms with E-state index in [0.29, 0.717) is 13.1 Å². The zero-order valence-corrected chi connectivity index (χ0v) is 19.1. The average molecular weight is 435 g/mol. The summed E-state index contributed by atoms with van der Waals surface area (Å²) in [5.74, 6) is 0.0315. The highest BCUT2D eigenvalue weighted by Gasteiger charge is 2.41. The maximum atomic E-state index is 13.3. The Morgan fingerprint density at radius 1 is 1.03 bits per heavy atom. The van der Waals surface area contributed by atoms with E-state index in [1.807, 2.05) is 32.0 Å². The molecule has 0 radical (unpaired) electrons. The van der Waals surface area contributed by atoms with Gasteiger partial charge in [0.2, 0.25) is 11.8 Å². The molecule has 2 aliphatic heterocycles. The highest BCUT2D eigenvalue weighted by atomic mass is 16.2. The van der Waals surface area contributed by atoms with Gasteiger partial charge in [0.25, 0.3) is 0 Å². The predicted molar refractivity (Wildman–Crippen MR) is 128 cm³/mol. The van der Waals surface area contributed by atoms with Gasteiger partial charge in [-0.3, -0.25) is 14.5 Å². The number of rotatable bonds is 7. The van der Waals surface area contributed by atoms with Crippen molar-refractivity contribution in [2.45, 2.75) is 38.8 Å². The molecular formula is C26H34N4O2. The lowest BCUT2D eigenvalue weighted by Gasteiger charge is -2.49. The molecule has 0 aromatic heterocycles. The second-order valence-corrected chi connectivity index (χ2v) is 9.18. The Balaban J connectivity index is 1.45. The van der Waals surface area contributed by atoms with Gasteiger partial charge in [-0.1, -0.05) is 48.5 Å². The van der Waals surface area contributed by atoms with Crippen LogP contribution in [0.2, 0.25) is 0 Å². The van der Waals surface area contributed by atoms with Gasteiger partial charge in [-0.05, 0) is 43.9 Å². The van der Waals surface area contributed by atoms with E-state index < -0.39 is 0 Å². The van der Waals surface area contributed by atoms with Crippen LogP contribution >= 0.6 is 0 Å². The highest BCUT2D eigenvalue weighted by molar-refractivity contribution is 5.82. The van der Waals surface area contributed by atoms with Crippen molar-refractivity contribution in [1.82, 2.24) is 15.5 Å². The Labute approximate surface area is 191 Å². The molecule has 32 heavy (non-hydrogen) atoms. The van der Waals surface area contributed by atoms with Crippen molar-refractivity contribution in [3.8, 4) is 0 Å². The second-order valence-electron chi connectivity index (χ2n) is 9.18. The maximum absolute atomic E-state index is 13.3. The minimum Gasteiger partial charge on any atom is -0.365 e. The van der Waals surface area contributed by atoms with Crippen LogP contribution in [-0.2, 0) is 22.4 Å². The van der Waals surface area contributed by atoms with Gasteiger partial charge in [0.1, 0.15) is 0 Å². The van der Waals surface area contributed by atoms with Crippen molar-refractivity contribution in [3.05, 3.63) is 65.7 Å². The summed E-state index contributed by atoms with van der Waals surface area (Å²) >= 11 is 0. The number of hydrogen-bond donors (Lipinski definition) is 2. The fraction of sp³-hybridized carbons (Fsp3) is 0.462. The Bertz CT molecular complexity index is 930. The fourth-order valence-electron chi connectivity index (χ4n) is 4.94. The van der Waals surface area contributed by atoms with Crippen LogP contribution in [0.3, 0.4) is 0 Å². The average Bonchev–Trinajstić information content (AvgIpc) is 2.78. The minimum atomic E-state index is -0.128. The maximum Gasteiger partial charge on any atom is 0.234 e. The lowest BCUT2D eigenvalue weighted by molar-refractivity contribution is -0.126. The Morgan fingerprint density at radius 3 is 2.56 bits per heavy atom. The molecule has 170 valence electrons. The standard InChI is InChI=1S/C26H34N4O2/c1-19(2)28-25(31)18-29-14-15-30-23-11-7-6-10-21(23)16-22(24(30)17-29)26(32)27-13-12-20-8-4-3-5-9-20/h3-11,19,22,24H,12-18H2,1-2H3,(H,27,32)(H,28,31). The minimum absolute atomic E-state index is 0.0496. The Kier molecular flexibility index (Phi) is 7.10. The third-order valence-corrected chi connectivity index (χ3v) is 6.42. The van der Waals surface area contributed by atoms with Gasteiger partial charge in [-0.25, -0.2) is 0 Å². The van der Waals surface area contributed by atoms with E-state index >= 15 is 0 Å². The Morgan fingerprint density at radius 2 is 1.78 bits per heavy atom. The van der Waals surface area contributed by atoms with E-state index in [9.17, 15) is 9.59 Å². The van der Waals surface area contributed by atoms with Crippen LogP contribution in [0.5, 0.6) is 0 Å². The summed E-state index contributed by atoms with van der Waals surface area (Å²) in [6.07, 6.45) is 1.56. The van der Waals surface area contributed by atoms with Crippen molar-refractivity contribution in [1.29, 1.82) is 0 Å².